The molecule has 0 amide bonds. The number of halogens is 1. The van der Waals surface area contributed by atoms with Gasteiger partial charge in [-0.2, -0.15) is 0 Å². The lowest BCUT2D eigenvalue weighted by Gasteiger charge is -2.31. The van der Waals surface area contributed by atoms with Crippen LogP contribution in [0, 0.1) is 0 Å². The Kier molecular flexibility index (Phi) is 4.80. The number of benzene rings is 1. The Bertz CT molecular complexity index is 511. The molecule has 2 N–H and O–H groups in total. The van der Waals surface area contributed by atoms with Crippen LogP contribution in [0.2, 0.25) is 0 Å². The predicted molar refractivity (Wildman–Crippen MR) is 80.7 cm³/mol. The predicted octanol–water partition coefficient (Wildman–Crippen LogP) is 3.56. The van der Waals surface area contributed by atoms with Crippen molar-refractivity contribution in [2.75, 3.05) is 7.05 Å². The Hall–Kier alpha value is -1.10. The number of hydrogen-bond acceptors (Lipinski definition) is 3. The summed E-state index contributed by atoms with van der Waals surface area (Å²) < 4.78 is 6.47. The highest BCUT2D eigenvalue weighted by Crippen LogP contribution is 2.26. The molecule has 19 heavy (non-hydrogen) atoms. The fraction of sp³-hybridized carbons (Fsp3) is 0.333. The minimum Gasteiger partial charge on any atom is -0.468 e. The van der Waals surface area contributed by atoms with Crippen molar-refractivity contribution in [2.45, 2.75) is 25.6 Å². The van der Waals surface area contributed by atoms with Gasteiger partial charge >= 0.3 is 0 Å². The molecule has 2 rings (SSSR count). The van der Waals surface area contributed by atoms with Gasteiger partial charge in [0, 0.05) is 16.6 Å². The van der Waals surface area contributed by atoms with Crippen LogP contribution in [0.5, 0.6) is 0 Å². The van der Waals surface area contributed by atoms with E-state index in [1.165, 1.54) is 5.56 Å². The topological polar surface area (TPSA) is 42.4 Å². The summed E-state index contributed by atoms with van der Waals surface area (Å²) in [6.45, 7) is 2.77. The normalized spacial score (nSPS) is 14.6. The van der Waals surface area contributed by atoms with Gasteiger partial charge in [0.1, 0.15) is 5.76 Å². The molecular weight excluding hydrogens is 304 g/mol. The van der Waals surface area contributed by atoms with Gasteiger partial charge in [0.2, 0.25) is 0 Å². The summed E-state index contributed by atoms with van der Waals surface area (Å²) >= 11 is 3.51. The third kappa shape index (κ3) is 3.69. The fourth-order valence-corrected chi connectivity index (χ4v) is 2.81. The van der Waals surface area contributed by atoms with E-state index in [4.69, 9.17) is 10.2 Å². The van der Waals surface area contributed by atoms with E-state index < -0.39 is 0 Å². The summed E-state index contributed by atoms with van der Waals surface area (Å²) in [6, 6.07) is 12.4. The lowest BCUT2D eigenvalue weighted by molar-refractivity contribution is 0.196. The summed E-state index contributed by atoms with van der Waals surface area (Å²) in [6.07, 6.45) is 1.70. The molecule has 1 heterocycles. The molecule has 0 aliphatic heterocycles. The molecule has 0 bridgehead atoms. The summed E-state index contributed by atoms with van der Waals surface area (Å²) in [7, 11) is 2.07. The van der Waals surface area contributed by atoms with E-state index in [1.807, 2.05) is 31.2 Å². The van der Waals surface area contributed by atoms with Crippen LogP contribution in [0.15, 0.2) is 51.6 Å². The second-order valence-electron chi connectivity index (χ2n) is 4.85. The Balaban J connectivity index is 2.20. The van der Waals surface area contributed by atoms with Gasteiger partial charge in [0.05, 0.1) is 12.8 Å². The molecule has 2 aromatic rings. The lowest BCUT2D eigenvalue weighted by atomic mass is 9.99. The Morgan fingerprint density at radius 2 is 2.11 bits per heavy atom. The van der Waals surface area contributed by atoms with E-state index >= 15 is 0 Å². The SMILES string of the molecule is CC(N)C(c1cccc(Br)c1)N(C)Cc1ccco1. The second-order valence-corrected chi connectivity index (χ2v) is 5.77. The van der Waals surface area contributed by atoms with Crippen molar-refractivity contribution in [3.05, 3.63) is 58.5 Å². The van der Waals surface area contributed by atoms with E-state index in [9.17, 15) is 0 Å². The highest BCUT2D eigenvalue weighted by Gasteiger charge is 2.22. The summed E-state index contributed by atoms with van der Waals surface area (Å²) in [5, 5.41) is 0. The molecule has 0 saturated heterocycles. The van der Waals surface area contributed by atoms with Crippen LogP contribution in [0.3, 0.4) is 0 Å². The zero-order chi connectivity index (χ0) is 13.8. The Labute approximate surface area is 122 Å². The number of nitrogens with zero attached hydrogens (tertiary/aromatic N) is 1. The van der Waals surface area contributed by atoms with Gasteiger partial charge in [0.25, 0.3) is 0 Å². The number of rotatable bonds is 5. The van der Waals surface area contributed by atoms with E-state index in [0.717, 1.165) is 16.8 Å². The molecule has 2 atom stereocenters. The molecule has 4 heteroatoms. The maximum Gasteiger partial charge on any atom is 0.117 e. The standard InChI is InChI=1S/C15H19BrN2O/c1-11(17)15(12-5-3-6-13(16)9-12)18(2)10-14-7-4-8-19-14/h3-9,11,15H,10,17H2,1-2H3. The first-order valence-electron chi connectivity index (χ1n) is 6.31. The van der Waals surface area contributed by atoms with Crippen molar-refractivity contribution in [1.82, 2.24) is 4.90 Å². The fourth-order valence-electron chi connectivity index (χ4n) is 2.40. The summed E-state index contributed by atoms with van der Waals surface area (Å²) in [4.78, 5) is 2.21. The van der Waals surface area contributed by atoms with Crippen LogP contribution < -0.4 is 5.73 Å². The minimum atomic E-state index is 0.0364. The lowest BCUT2D eigenvalue weighted by Crippen LogP contribution is -2.36. The minimum absolute atomic E-state index is 0.0364. The average molecular weight is 323 g/mol. The molecule has 102 valence electrons. The molecule has 0 spiro atoms. The smallest absolute Gasteiger partial charge is 0.117 e. The first-order chi connectivity index (χ1) is 9.08. The molecule has 0 fully saturated rings. The molecule has 0 aliphatic rings. The summed E-state index contributed by atoms with van der Waals surface area (Å²) in [5.74, 6) is 0.947. The van der Waals surface area contributed by atoms with Gasteiger partial charge in [-0.15, -0.1) is 0 Å². The third-order valence-electron chi connectivity index (χ3n) is 3.15. The van der Waals surface area contributed by atoms with Crippen LogP contribution in [0.25, 0.3) is 0 Å². The quantitative estimate of drug-likeness (QED) is 0.915. The molecular formula is C15H19BrN2O. The summed E-state index contributed by atoms with van der Waals surface area (Å²) in [5.41, 5.74) is 7.37. The van der Waals surface area contributed by atoms with Gasteiger partial charge in [-0.1, -0.05) is 28.1 Å². The van der Waals surface area contributed by atoms with Crippen molar-refractivity contribution in [3.63, 3.8) is 0 Å². The van der Waals surface area contributed by atoms with Crippen LogP contribution in [0.1, 0.15) is 24.3 Å². The highest BCUT2D eigenvalue weighted by atomic mass is 79.9. The molecule has 0 saturated carbocycles. The van der Waals surface area contributed by atoms with Crippen molar-refractivity contribution >= 4 is 15.9 Å². The van der Waals surface area contributed by atoms with Crippen molar-refractivity contribution in [1.29, 1.82) is 0 Å². The van der Waals surface area contributed by atoms with Crippen LogP contribution in [-0.4, -0.2) is 18.0 Å². The number of hydrogen-bond donors (Lipinski definition) is 1. The van der Waals surface area contributed by atoms with Gasteiger partial charge in [0.15, 0.2) is 0 Å². The third-order valence-corrected chi connectivity index (χ3v) is 3.64. The van der Waals surface area contributed by atoms with E-state index in [1.54, 1.807) is 6.26 Å². The number of furan rings is 1. The van der Waals surface area contributed by atoms with Crippen molar-refractivity contribution in [2.24, 2.45) is 5.73 Å². The monoisotopic (exact) mass is 322 g/mol. The van der Waals surface area contributed by atoms with Crippen molar-refractivity contribution < 1.29 is 4.42 Å². The Morgan fingerprint density at radius 3 is 2.68 bits per heavy atom. The molecule has 1 aromatic carbocycles. The van der Waals surface area contributed by atoms with Gasteiger partial charge in [-0.3, -0.25) is 4.90 Å². The highest BCUT2D eigenvalue weighted by molar-refractivity contribution is 9.10. The maximum absolute atomic E-state index is 6.16. The molecule has 3 nitrogen and oxygen atoms in total. The average Bonchev–Trinajstić information content (AvgIpc) is 2.81. The number of likely N-dealkylation sites (N-methyl/N-ethyl adjacent to an activating group) is 1. The van der Waals surface area contributed by atoms with Crippen LogP contribution in [-0.2, 0) is 6.54 Å². The molecule has 2 unspecified atom stereocenters. The number of nitrogens with two attached hydrogens (primary N) is 1. The second kappa shape index (κ2) is 6.37. The Morgan fingerprint density at radius 1 is 1.32 bits per heavy atom. The van der Waals surface area contributed by atoms with Gasteiger partial charge in [-0.25, -0.2) is 0 Å². The first-order valence-corrected chi connectivity index (χ1v) is 7.11. The molecule has 0 radical (unpaired) electrons. The van der Waals surface area contributed by atoms with Gasteiger partial charge in [-0.05, 0) is 43.8 Å². The van der Waals surface area contributed by atoms with Gasteiger partial charge < -0.3 is 10.2 Å². The molecule has 0 aliphatic carbocycles. The first kappa shape index (κ1) is 14.3. The van der Waals surface area contributed by atoms with Crippen molar-refractivity contribution in [3.8, 4) is 0 Å². The van der Waals surface area contributed by atoms with E-state index in [2.05, 4.69) is 40.0 Å². The largest absolute Gasteiger partial charge is 0.468 e. The zero-order valence-corrected chi connectivity index (χ0v) is 12.8. The molecule has 1 aromatic heterocycles. The van der Waals surface area contributed by atoms with E-state index in [0.29, 0.717) is 0 Å². The van der Waals surface area contributed by atoms with E-state index in [-0.39, 0.29) is 12.1 Å². The van der Waals surface area contributed by atoms with Crippen LogP contribution in [0.4, 0.5) is 0 Å². The zero-order valence-electron chi connectivity index (χ0n) is 11.2. The van der Waals surface area contributed by atoms with Crippen LogP contribution >= 0.6 is 15.9 Å². The maximum atomic E-state index is 6.16.